The summed E-state index contributed by atoms with van der Waals surface area (Å²) in [4.78, 5) is 28.9. The van der Waals surface area contributed by atoms with E-state index in [2.05, 4.69) is 24.9 Å². The molecular weight excluding hydrogens is 278 g/mol. The van der Waals surface area contributed by atoms with Gasteiger partial charge in [-0.05, 0) is 6.42 Å². The van der Waals surface area contributed by atoms with Gasteiger partial charge in [-0.1, -0.05) is 12.1 Å². The molecule has 0 bridgehead atoms. The first kappa shape index (κ1) is 15.4. The van der Waals surface area contributed by atoms with Gasteiger partial charge in [0.15, 0.2) is 5.82 Å². The smallest absolute Gasteiger partial charge is 0.315 e. The lowest BCUT2D eigenvalue weighted by molar-refractivity contribution is -0.128. The normalized spacial score (nSPS) is 17.4. The second-order valence-corrected chi connectivity index (χ2v) is 4.67. The molecule has 21 heavy (non-hydrogen) atoms. The van der Waals surface area contributed by atoms with Crippen molar-refractivity contribution in [1.29, 1.82) is 0 Å². The Morgan fingerprint density at radius 3 is 2.71 bits per heavy atom. The number of ether oxygens (including phenoxy) is 1. The lowest BCUT2D eigenvalue weighted by atomic mass is 10.1. The van der Waals surface area contributed by atoms with E-state index < -0.39 is 5.91 Å². The van der Waals surface area contributed by atoms with Crippen LogP contribution in [0.15, 0.2) is 4.52 Å². The molecule has 0 radical (unpaired) electrons. The Hall–Kier alpha value is -2.00. The van der Waals surface area contributed by atoms with Crippen LogP contribution in [0.3, 0.4) is 0 Å². The van der Waals surface area contributed by atoms with Crippen LogP contribution >= 0.6 is 0 Å². The Morgan fingerprint density at radius 1 is 1.43 bits per heavy atom. The number of hydrogen-bond donors (Lipinski definition) is 2. The summed E-state index contributed by atoms with van der Waals surface area (Å²) in [6.07, 6.45) is 0.699. The second-order valence-electron chi connectivity index (χ2n) is 4.67. The van der Waals surface area contributed by atoms with E-state index in [-0.39, 0.29) is 30.2 Å². The topological polar surface area (TPSA) is 124 Å². The van der Waals surface area contributed by atoms with Gasteiger partial charge in [0.1, 0.15) is 0 Å². The van der Waals surface area contributed by atoms with Crippen LogP contribution in [0.2, 0.25) is 0 Å². The first-order chi connectivity index (χ1) is 10.1. The van der Waals surface area contributed by atoms with Crippen molar-refractivity contribution >= 4 is 11.8 Å². The Balaban J connectivity index is 1.88. The minimum atomic E-state index is -0.792. The van der Waals surface area contributed by atoms with E-state index >= 15 is 0 Å². The van der Waals surface area contributed by atoms with Crippen molar-refractivity contribution in [3.8, 4) is 0 Å². The van der Waals surface area contributed by atoms with E-state index in [0.717, 1.165) is 13.1 Å². The fraction of sp³-hybridized carbons (Fsp3) is 0.667. The van der Waals surface area contributed by atoms with E-state index in [9.17, 15) is 9.59 Å². The lowest BCUT2D eigenvalue weighted by Crippen LogP contribution is -2.50. The Bertz CT molecular complexity index is 498. The molecule has 1 fully saturated rings. The number of carbonyl (C=O) groups is 2. The first-order valence-corrected chi connectivity index (χ1v) is 6.83. The van der Waals surface area contributed by atoms with Crippen LogP contribution in [0, 0.1) is 0 Å². The maximum absolute atomic E-state index is 12.2. The summed E-state index contributed by atoms with van der Waals surface area (Å²) in [5.41, 5.74) is 5.01. The molecule has 1 aromatic heterocycles. The van der Waals surface area contributed by atoms with Crippen molar-refractivity contribution in [1.82, 2.24) is 20.4 Å². The number of nitrogens with zero attached hydrogens (tertiary/aromatic N) is 3. The van der Waals surface area contributed by atoms with Crippen LogP contribution < -0.4 is 11.1 Å². The molecule has 2 rings (SSSR count). The molecule has 0 saturated carbocycles. The maximum atomic E-state index is 12.2. The van der Waals surface area contributed by atoms with E-state index in [4.69, 9.17) is 10.5 Å². The van der Waals surface area contributed by atoms with Gasteiger partial charge in [-0.15, -0.1) is 0 Å². The molecule has 9 heteroatoms. The zero-order valence-electron chi connectivity index (χ0n) is 11.9. The maximum Gasteiger partial charge on any atom is 0.315 e. The molecule has 1 aliphatic heterocycles. The average Bonchev–Trinajstić information content (AvgIpc) is 2.96. The van der Waals surface area contributed by atoms with Gasteiger partial charge in [0.2, 0.25) is 5.91 Å². The number of hydrogen-bond acceptors (Lipinski definition) is 7. The van der Waals surface area contributed by atoms with Crippen LogP contribution in [0.4, 0.5) is 0 Å². The molecular formula is C12H19N5O4. The van der Waals surface area contributed by atoms with Gasteiger partial charge in [0, 0.05) is 13.1 Å². The summed E-state index contributed by atoms with van der Waals surface area (Å²) in [5, 5.41) is 6.31. The Kier molecular flexibility index (Phi) is 5.23. The summed E-state index contributed by atoms with van der Waals surface area (Å²) >= 11 is 0. The molecule has 0 aromatic carbocycles. The van der Waals surface area contributed by atoms with Crippen molar-refractivity contribution in [2.75, 3.05) is 26.3 Å². The number of nitrogens with one attached hydrogen (secondary N) is 1. The van der Waals surface area contributed by atoms with E-state index in [0.29, 0.717) is 19.6 Å². The van der Waals surface area contributed by atoms with Crippen molar-refractivity contribution < 1.29 is 18.8 Å². The van der Waals surface area contributed by atoms with Gasteiger partial charge in [0.25, 0.3) is 0 Å². The van der Waals surface area contributed by atoms with Gasteiger partial charge in [-0.25, -0.2) is 0 Å². The highest BCUT2D eigenvalue weighted by atomic mass is 16.5. The van der Waals surface area contributed by atoms with Crippen LogP contribution in [0.25, 0.3) is 0 Å². The second kappa shape index (κ2) is 7.14. The minimum Gasteiger partial charge on any atom is -0.379 e. The van der Waals surface area contributed by atoms with Crippen molar-refractivity contribution in [3.63, 3.8) is 0 Å². The van der Waals surface area contributed by atoms with Crippen LogP contribution in [-0.4, -0.2) is 59.2 Å². The Labute approximate surface area is 121 Å². The van der Waals surface area contributed by atoms with Crippen molar-refractivity contribution in [2.45, 2.75) is 25.9 Å². The van der Waals surface area contributed by atoms with E-state index in [1.54, 1.807) is 0 Å². The highest BCUT2D eigenvalue weighted by molar-refractivity contribution is 5.87. The summed E-state index contributed by atoms with van der Waals surface area (Å²) in [5.74, 6) is -0.946. The largest absolute Gasteiger partial charge is 0.379 e. The van der Waals surface area contributed by atoms with E-state index in [1.807, 2.05) is 6.92 Å². The fourth-order valence-corrected chi connectivity index (χ4v) is 2.21. The molecule has 116 valence electrons. The fourth-order valence-electron chi connectivity index (χ4n) is 2.21. The number of morpholine rings is 1. The number of rotatable bonds is 6. The summed E-state index contributed by atoms with van der Waals surface area (Å²) in [6, 6.07) is -0.212. The average molecular weight is 297 g/mol. The third-order valence-corrected chi connectivity index (χ3v) is 3.28. The molecule has 1 aliphatic rings. The van der Waals surface area contributed by atoms with Crippen molar-refractivity contribution in [2.24, 2.45) is 5.73 Å². The minimum absolute atomic E-state index is 0.0937. The van der Waals surface area contributed by atoms with Gasteiger partial charge < -0.3 is 20.3 Å². The summed E-state index contributed by atoms with van der Waals surface area (Å²) in [6.45, 7) is 4.79. The SMILES string of the molecule is CC[C@@H](C(=O)NCc1noc(C(N)=O)n1)N1CCOCC1. The summed E-state index contributed by atoms with van der Waals surface area (Å²) in [7, 11) is 0. The number of primary amides is 1. The third-order valence-electron chi connectivity index (χ3n) is 3.28. The molecule has 1 aromatic rings. The first-order valence-electron chi connectivity index (χ1n) is 6.83. The number of amides is 2. The number of aromatic nitrogens is 2. The molecule has 0 spiro atoms. The molecule has 0 aliphatic carbocycles. The molecule has 1 saturated heterocycles. The molecule has 3 N–H and O–H groups in total. The van der Waals surface area contributed by atoms with Gasteiger partial charge in [-0.2, -0.15) is 4.98 Å². The Morgan fingerprint density at radius 2 is 2.14 bits per heavy atom. The molecule has 9 nitrogen and oxygen atoms in total. The van der Waals surface area contributed by atoms with Crippen molar-refractivity contribution in [3.05, 3.63) is 11.7 Å². The number of nitrogens with two attached hydrogens (primary N) is 1. The van der Waals surface area contributed by atoms with Gasteiger partial charge in [0.05, 0.1) is 25.8 Å². The van der Waals surface area contributed by atoms with Crippen LogP contribution in [-0.2, 0) is 16.1 Å². The zero-order valence-corrected chi connectivity index (χ0v) is 11.9. The predicted octanol–water partition coefficient (Wildman–Crippen LogP) is -1.10. The molecule has 1 atom stereocenters. The quantitative estimate of drug-likeness (QED) is 0.682. The predicted molar refractivity (Wildman–Crippen MR) is 71.1 cm³/mol. The van der Waals surface area contributed by atoms with E-state index in [1.165, 1.54) is 0 Å². The molecule has 2 heterocycles. The lowest BCUT2D eigenvalue weighted by Gasteiger charge is -2.32. The molecule has 0 unspecified atom stereocenters. The van der Waals surface area contributed by atoms with Crippen LogP contribution in [0.1, 0.15) is 29.9 Å². The summed E-state index contributed by atoms with van der Waals surface area (Å²) < 4.78 is 9.93. The third kappa shape index (κ3) is 3.99. The van der Waals surface area contributed by atoms with Crippen LogP contribution in [0.5, 0.6) is 0 Å². The van der Waals surface area contributed by atoms with Gasteiger partial charge in [-0.3, -0.25) is 14.5 Å². The molecule has 2 amide bonds. The monoisotopic (exact) mass is 297 g/mol. The highest BCUT2D eigenvalue weighted by Crippen LogP contribution is 2.08. The highest BCUT2D eigenvalue weighted by Gasteiger charge is 2.25. The zero-order chi connectivity index (χ0) is 15.2. The number of carbonyl (C=O) groups excluding carboxylic acids is 2. The standard InChI is InChI=1S/C12H19N5O4/c1-2-8(17-3-5-20-6-4-17)11(19)14-7-9-15-12(10(13)18)21-16-9/h8H,2-7H2,1H3,(H2,13,18)(H,14,19)/t8-/m0/s1. The van der Waals surface area contributed by atoms with Gasteiger partial charge >= 0.3 is 11.8 Å².